The molecule has 1 aromatic carbocycles. The number of likely N-dealkylation sites (tertiary alicyclic amines) is 1. The number of ether oxygens (including phenoxy) is 1. The van der Waals surface area contributed by atoms with Gasteiger partial charge in [-0.25, -0.2) is 0 Å². The van der Waals surface area contributed by atoms with E-state index in [1.54, 1.807) is 0 Å². The topological polar surface area (TPSA) is 58.6 Å². The van der Waals surface area contributed by atoms with Gasteiger partial charge in [-0.15, -0.1) is 5.10 Å². The van der Waals surface area contributed by atoms with Crippen LogP contribution < -0.4 is 9.64 Å². The zero-order valence-electron chi connectivity index (χ0n) is 15.3. The maximum Gasteiger partial charge on any atom is 0.260 e. The molecule has 0 bridgehead atoms. The smallest absolute Gasteiger partial charge is 0.260 e. The average Bonchev–Trinajstić information content (AvgIpc) is 3.36. The molecule has 6 nitrogen and oxygen atoms in total. The zero-order chi connectivity index (χ0) is 18.2. The largest absolute Gasteiger partial charge is 0.484 e. The first-order valence-electron chi connectivity index (χ1n) is 9.80. The van der Waals surface area contributed by atoms with E-state index < -0.39 is 0 Å². The molecule has 2 aliphatic heterocycles. The summed E-state index contributed by atoms with van der Waals surface area (Å²) in [6.45, 7) is 3.63. The molecule has 3 aliphatic rings. The maximum atomic E-state index is 12.5. The summed E-state index contributed by atoms with van der Waals surface area (Å²) in [5.74, 6) is 3.45. The Morgan fingerprint density at radius 3 is 2.33 bits per heavy atom. The number of fused-ring (bicyclic) bond motifs is 1. The van der Waals surface area contributed by atoms with Crippen LogP contribution in [0.15, 0.2) is 42.5 Å². The fourth-order valence-corrected chi connectivity index (χ4v) is 4.24. The molecule has 1 amide bonds. The van der Waals surface area contributed by atoms with Crippen molar-refractivity contribution in [2.75, 3.05) is 37.7 Å². The van der Waals surface area contributed by atoms with Gasteiger partial charge < -0.3 is 14.5 Å². The first-order chi connectivity index (χ1) is 13.3. The fourth-order valence-electron chi connectivity index (χ4n) is 4.24. The van der Waals surface area contributed by atoms with Crippen molar-refractivity contribution in [3.8, 4) is 5.75 Å². The summed E-state index contributed by atoms with van der Waals surface area (Å²) in [7, 11) is 0. The lowest BCUT2D eigenvalue weighted by molar-refractivity contribution is -0.132. The molecule has 2 saturated heterocycles. The average molecular weight is 364 g/mol. The summed E-state index contributed by atoms with van der Waals surface area (Å²) in [5.41, 5.74) is 1.13. The SMILES string of the molecule is O=C(COc1ccccc1)N1CC2CN(c3ccc(C4CC4)nn3)CC2C1. The Morgan fingerprint density at radius 2 is 1.70 bits per heavy atom. The second-order valence-corrected chi connectivity index (χ2v) is 7.92. The third-order valence-electron chi connectivity index (χ3n) is 5.94. The lowest BCUT2D eigenvalue weighted by Gasteiger charge is -2.22. The van der Waals surface area contributed by atoms with Crippen molar-refractivity contribution in [1.82, 2.24) is 15.1 Å². The normalized spacial score (nSPS) is 24.1. The third kappa shape index (κ3) is 3.48. The molecule has 2 aromatic rings. The van der Waals surface area contributed by atoms with Crippen LogP contribution in [0.2, 0.25) is 0 Å². The zero-order valence-corrected chi connectivity index (χ0v) is 15.3. The molecule has 1 aromatic heterocycles. The molecule has 1 saturated carbocycles. The Balaban J connectivity index is 1.14. The van der Waals surface area contributed by atoms with Gasteiger partial charge in [0.05, 0.1) is 5.69 Å². The maximum absolute atomic E-state index is 12.5. The lowest BCUT2D eigenvalue weighted by Crippen LogP contribution is -2.36. The van der Waals surface area contributed by atoms with Crippen LogP contribution in [0.25, 0.3) is 0 Å². The van der Waals surface area contributed by atoms with E-state index >= 15 is 0 Å². The van der Waals surface area contributed by atoms with Crippen molar-refractivity contribution in [3.63, 3.8) is 0 Å². The quantitative estimate of drug-likeness (QED) is 0.815. The standard InChI is InChI=1S/C21H24N4O2/c26-21(14-27-18-4-2-1-3-5-18)25-12-16-10-24(11-17(16)13-25)20-9-8-19(22-23-20)15-6-7-15/h1-5,8-9,15-17H,6-7,10-14H2. The minimum Gasteiger partial charge on any atom is -0.484 e. The lowest BCUT2D eigenvalue weighted by atomic mass is 10.0. The molecule has 0 spiro atoms. The molecular formula is C21H24N4O2. The number of nitrogens with zero attached hydrogens (tertiary/aromatic N) is 4. The Bertz CT molecular complexity index is 793. The third-order valence-corrected chi connectivity index (χ3v) is 5.94. The molecule has 0 radical (unpaired) electrons. The van der Waals surface area contributed by atoms with E-state index in [0.717, 1.165) is 43.4 Å². The molecule has 27 heavy (non-hydrogen) atoms. The second-order valence-electron chi connectivity index (χ2n) is 7.92. The molecule has 0 N–H and O–H groups in total. The Labute approximate surface area is 159 Å². The number of rotatable bonds is 5. The van der Waals surface area contributed by atoms with Crippen LogP contribution in [-0.2, 0) is 4.79 Å². The van der Waals surface area contributed by atoms with Crippen molar-refractivity contribution in [3.05, 3.63) is 48.2 Å². The van der Waals surface area contributed by atoms with Gasteiger partial charge >= 0.3 is 0 Å². The van der Waals surface area contributed by atoms with Gasteiger partial charge in [-0.2, -0.15) is 5.10 Å². The highest BCUT2D eigenvalue weighted by Gasteiger charge is 2.42. The van der Waals surface area contributed by atoms with Crippen LogP contribution in [0.4, 0.5) is 5.82 Å². The number of para-hydroxylation sites is 1. The second kappa shape index (κ2) is 6.83. The molecular weight excluding hydrogens is 340 g/mol. The van der Waals surface area contributed by atoms with Gasteiger partial charge in [-0.3, -0.25) is 4.79 Å². The number of carbonyl (C=O) groups excluding carboxylic acids is 1. The van der Waals surface area contributed by atoms with E-state index in [-0.39, 0.29) is 12.5 Å². The predicted octanol–water partition coefficient (Wildman–Crippen LogP) is 2.33. The number of amides is 1. The van der Waals surface area contributed by atoms with Gasteiger partial charge in [0.25, 0.3) is 5.91 Å². The molecule has 2 atom stereocenters. The highest BCUT2D eigenvalue weighted by molar-refractivity contribution is 5.78. The first kappa shape index (κ1) is 16.5. The first-order valence-corrected chi connectivity index (χ1v) is 9.80. The summed E-state index contributed by atoms with van der Waals surface area (Å²) < 4.78 is 5.61. The van der Waals surface area contributed by atoms with Gasteiger partial charge in [0.2, 0.25) is 0 Å². The minimum absolute atomic E-state index is 0.0772. The minimum atomic E-state index is 0.0772. The van der Waals surface area contributed by atoms with Gasteiger partial charge in [-0.05, 0) is 37.1 Å². The van der Waals surface area contributed by atoms with E-state index in [1.165, 1.54) is 12.8 Å². The predicted molar refractivity (Wildman–Crippen MR) is 102 cm³/mol. The Kier molecular flexibility index (Phi) is 4.19. The van der Waals surface area contributed by atoms with Crippen LogP contribution in [0.3, 0.4) is 0 Å². The van der Waals surface area contributed by atoms with Crippen LogP contribution in [0, 0.1) is 11.8 Å². The van der Waals surface area contributed by atoms with E-state index in [0.29, 0.717) is 17.8 Å². The molecule has 5 rings (SSSR count). The van der Waals surface area contributed by atoms with Gasteiger partial charge in [0.15, 0.2) is 12.4 Å². The van der Waals surface area contributed by atoms with E-state index in [9.17, 15) is 4.79 Å². The summed E-state index contributed by atoms with van der Waals surface area (Å²) >= 11 is 0. The molecule has 3 heterocycles. The van der Waals surface area contributed by atoms with Crippen LogP contribution >= 0.6 is 0 Å². The number of benzene rings is 1. The molecule has 1 aliphatic carbocycles. The molecule has 3 fully saturated rings. The van der Waals surface area contributed by atoms with Crippen LogP contribution in [0.5, 0.6) is 5.75 Å². The van der Waals surface area contributed by atoms with Crippen molar-refractivity contribution >= 4 is 11.7 Å². The van der Waals surface area contributed by atoms with Gasteiger partial charge in [0, 0.05) is 43.9 Å². The van der Waals surface area contributed by atoms with Crippen molar-refractivity contribution in [2.45, 2.75) is 18.8 Å². The highest BCUT2D eigenvalue weighted by Crippen LogP contribution is 2.39. The summed E-state index contributed by atoms with van der Waals surface area (Å²) in [5, 5.41) is 8.84. The highest BCUT2D eigenvalue weighted by atomic mass is 16.5. The number of hydrogen-bond acceptors (Lipinski definition) is 5. The van der Waals surface area contributed by atoms with Crippen LogP contribution in [-0.4, -0.2) is 53.8 Å². The number of anilines is 1. The van der Waals surface area contributed by atoms with Crippen LogP contribution in [0.1, 0.15) is 24.5 Å². The number of carbonyl (C=O) groups is 1. The summed E-state index contributed by atoms with van der Waals surface area (Å²) in [6.07, 6.45) is 2.50. The van der Waals surface area contributed by atoms with E-state index in [1.807, 2.05) is 35.2 Å². The Morgan fingerprint density at radius 1 is 0.963 bits per heavy atom. The summed E-state index contributed by atoms with van der Waals surface area (Å²) in [6, 6.07) is 13.7. The number of aromatic nitrogens is 2. The van der Waals surface area contributed by atoms with E-state index in [4.69, 9.17) is 4.74 Å². The number of hydrogen-bond donors (Lipinski definition) is 0. The molecule has 2 unspecified atom stereocenters. The van der Waals surface area contributed by atoms with Gasteiger partial charge in [-0.1, -0.05) is 18.2 Å². The van der Waals surface area contributed by atoms with Crippen molar-refractivity contribution in [1.29, 1.82) is 0 Å². The van der Waals surface area contributed by atoms with Gasteiger partial charge in [0.1, 0.15) is 5.75 Å². The van der Waals surface area contributed by atoms with Crippen molar-refractivity contribution in [2.24, 2.45) is 11.8 Å². The summed E-state index contributed by atoms with van der Waals surface area (Å²) in [4.78, 5) is 16.8. The fraction of sp³-hybridized carbons (Fsp3) is 0.476. The monoisotopic (exact) mass is 364 g/mol. The molecule has 6 heteroatoms. The Hall–Kier alpha value is -2.63. The van der Waals surface area contributed by atoms with Crippen molar-refractivity contribution < 1.29 is 9.53 Å². The molecule has 140 valence electrons. The van der Waals surface area contributed by atoms with E-state index in [2.05, 4.69) is 27.2 Å².